The normalized spacial score (nSPS) is 15.6. The average Bonchev–Trinajstić information content (AvgIpc) is 3.23. The van der Waals surface area contributed by atoms with E-state index in [2.05, 4.69) is 4.98 Å². The molecule has 0 aliphatic carbocycles. The summed E-state index contributed by atoms with van der Waals surface area (Å²) in [6, 6.07) is 4.56. The van der Waals surface area contributed by atoms with Crippen molar-refractivity contribution in [3.63, 3.8) is 0 Å². The molecule has 2 aromatic heterocycles. The fourth-order valence-corrected chi connectivity index (χ4v) is 6.55. The molecule has 3 heterocycles. The molecule has 1 fully saturated rings. The number of nitrogens with one attached hydrogen (secondary N) is 1. The molecule has 0 saturated carbocycles. The summed E-state index contributed by atoms with van der Waals surface area (Å²) in [7, 11) is -2.43. The Kier molecular flexibility index (Phi) is 8.38. The zero-order valence-electron chi connectivity index (χ0n) is 22.0. The Hall–Kier alpha value is -2.64. The summed E-state index contributed by atoms with van der Waals surface area (Å²) < 4.78 is 36.8. The van der Waals surface area contributed by atoms with Crippen LogP contribution < -0.4 is 16.0 Å². The predicted molar refractivity (Wildman–Crippen MR) is 147 cm³/mol. The zero-order chi connectivity index (χ0) is 27.8. The van der Waals surface area contributed by atoms with Crippen molar-refractivity contribution in [2.75, 3.05) is 45.9 Å². The van der Waals surface area contributed by atoms with Gasteiger partial charge in [0.15, 0.2) is 0 Å². The maximum atomic E-state index is 13.6. The second-order valence-electron chi connectivity index (χ2n) is 9.75. The van der Waals surface area contributed by atoms with Gasteiger partial charge in [0.1, 0.15) is 11.3 Å². The van der Waals surface area contributed by atoms with Crippen molar-refractivity contribution in [2.24, 2.45) is 13.0 Å². The molecule has 4 rings (SSSR count). The standard InChI is InChI=1S/C25H34ClN5O6S/c1-5-37-19-7-6-17(38(35,36)30-10-8-29(9-11-30)12-13-32)14-18(19)21-20(26)23-22(27-21)24(33)28(4)25(34)31(23)15-16(2)3/h6-7,14,16,27,32H,5,8-13,15H2,1-4H3. The minimum atomic E-state index is -3.84. The molecular formula is C25H34ClN5O6S. The maximum Gasteiger partial charge on any atom is 0.331 e. The third kappa shape index (κ3) is 5.15. The molecule has 208 valence electrons. The number of aliphatic hydroxyl groups excluding tert-OH is 1. The highest BCUT2D eigenvalue weighted by atomic mass is 35.5. The smallest absolute Gasteiger partial charge is 0.331 e. The van der Waals surface area contributed by atoms with Gasteiger partial charge >= 0.3 is 5.69 Å². The molecule has 13 heteroatoms. The SMILES string of the molecule is CCOc1ccc(S(=O)(=O)N2CCN(CCO)CC2)cc1-c1[nH]c2c(=O)n(C)c(=O)n(CC(C)C)c2c1Cl. The largest absolute Gasteiger partial charge is 0.493 e. The molecule has 0 bridgehead atoms. The van der Waals surface area contributed by atoms with Crippen LogP contribution in [0.3, 0.4) is 0 Å². The van der Waals surface area contributed by atoms with Crippen molar-refractivity contribution in [3.05, 3.63) is 44.1 Å². The number of sulfonamides is 1. The summed E-state index contributed by atoms with van der Waals surface area (Å²) in [4.78, 5) is 31.1. The number of halogens is 1. The molecule has 0 radical (unpaired) electrons. The number of β-amino-alcohol motifs (C(OH)–C–C–N with tert-alkyl or cyclic N) is 1. The average molecular weight is 568 g/mol. The van der Waals surface area contributed by atoms with Crippen molar-refractivity contribution >= 4 is 32.7 Å². The number of aromatic amines is 1. The van der Waals surface area contributed by atoms with Gasteiger partial charge in [-0.1, -0.05) is 25.4 Å². The van der Waals surface area contributed by atoms with E-state index in [-0.39, 0.29) is 33.5 Å². The van der Waals surface area contributed by atoms with E-state index >= 15 is 0 Å². The Morgan fingerprint density at radius 3 is 2.45 bits per heavy atom. The molecule has 11 nitrogen and oxygen atoms in total. The van der Waals surface area contributed by atoms with Crippen LogP contribution in [0.1, 0.15) is 20.8 Å². The molecule has 3 aromatic rings. The van der Waals surface area contributed by atoms with Crippen LogP contribution in [0.5, 0.6) is 5.75 Å². The summed E-state index contributed by atoms with van der Waals surface area (Å²) in [5.41, 5.74) is 0.0995. The third-order valence-corrected chi connectivity index (χ3v) is 8.94. The maximum absolute atomic E-state index is 13.6. The Labute approximate surface area is 226 Å². The Morgan fingerprint density at radius 1 is 1.16 bits per heavy atom. The highest BCUT2D eigenvalue weighted by Crippen LogP contribution is 2.39. The van der Waals surface area contributed by atoms with Crippen LogP contribution in [-0.2, 0) is 23.6 Å². The first-order valence-electron chi connectivity index (χ1n) is 12.6. The number of nitrogens with zero attached hydrogens (tertiary/aromatic N) is 4. The minimum absolute atomic E-state index is 0.0222. The van der Waals surface area contributed by atoms with Crippen molar-refractivity contribution in [1.29, 1.82) is 0 Å². The van der Waals surface area contributed by atoms with Gasteiger partial charge in [-0.2, -0.15) is 4.31 Å². The first kappa shape index (κ1) is 28.4. The van der Waals surface area contributed by atoms with E-state index in [4.69, 9.17) is 16.3 Å². The van der Waals surface area contributed by atoms with E-state index in [1.165, 1.54) is 28.1 Å². The van der Waals surface area contributed by atoms with Gasteiger partial charge in [0.05, 0.1) is 34.3 Å². The fraction of sp³-hybridized carbons (Fsp3) is 0.520. The van der Waals surface area contributed by atoms with Crippen molar-refractivity contribution in [3.8, 4) is 17.0 Å². The highest BCUT2D eigenvalue weighted by molar-refractivity contribution is 7.89. The number of rotatable bonds is 9. The number of fused-ring (bicyclic) bond motifs is 1. The molecular weight excluding hydrogens is 534 g/mol. The van der Waals surface area contributed by atoms with Crippen molar-refractivity contribution < 1.29 is 18.3 Å². The molecule has 1 saturated heterocycles. The van der Waals surface area contributed by atoms with E-state index in [0.29, 0.717) is 62.9 Å². The molecule has 1 aliphatic rings. The van der Waals surface area contributed by atoms with Crippen LogP contribution in [0.25, 0.3) is 22.3 Å². The first-order valence-corrected chi connectivity index (χ1v) is 14.4. The van der Waals surface area contributed by atoms with Gasteiger partial charge in [-0.05, 0) is 31.0 Å². The predicted octanol–water partition coefficient (Wildman–Crippen LogP) is 1.70. The first-order chi connectivity index (χ1) is 18.0. The van der Waals surface area contributed by atoms with E-state index in [1.807, 2.05) is 25.7 Å². The quantitative estimate of drug-likeness (QED) is 0.402. The Bertz CT molecular complexity index is 1550. The van der Waals surface area contributed by atoms with Crippen LogP contribution >= 0.6 is 11.6 Å². The van der Waals surface area contributed by atoms with Gasteiger partial charge in [-0.25, -0.2) is 13.2 Å². The lowest BCUT2D eigenvalue weighted by molar-refractivity contribution is 0.151. The van der Waals surface area contributed by atoms with Crippen LogP contribution in [0.2, 0.25) is 5.02 Å². The molecule has 1 aromatic carbocycles. The highest BCUT2D eigenvalue weighted by Gasteiger charge is 2.30. The summed E-state index contributed by atoms with van der Waals surface area (Å²) in [5, 5.41) is 9.32. The molecule has 0 unspecified atom stereocenters. The van der Waals surface area contributed by atoms with Crippen molar-refractivity contribution in [1.82, 2.24) is 23.3 Å². The molecule has 1 aliphatic heterocycles. The monoisotopic (exact) mass is 567 g/mol. The second kappa shape index (κ2) is 11.2. The van der Waals surface area contributed by atoms with Gasteiger partial charge in [0.2, 0.25) is 10.0 Å². The number of H-pyrrole nitrogens is 1. The van der Waals surface area contributed by atoms with Crippen LogP contribution in [0.4, 0.5) is 0 Å². The van der Waals surface area contributed by atoms with Crippen LogP contribution in [0, 0.1) is 5.92 Å². The molecule has 0 spiro atoms. The van der Waals surface area contributed by atoms with Crippen LogP contribution in [0.15, 0.2) is 32.7 Å². The lowest BCUT2D eigenvalue weighted by Crippen LogP contribution is -2.49. The van der Waals surface area contributed by atoms with E-state index < -0.39 is 21.3 Å². The summed E-state index contributed by atoms with van der Waals surface area (Å²) in [6.07, 6.45) is 0. The number of aromatic nitrogens is 3. The molecule has 2 N–H and O–H groups in total. The lowest BCUT2D eigenvalue weighted by atomic mass is 10.1. The molecule has 38 heavy (non-hydrogen) atoms. The molecule has 0 atom stereocenters. The fourth-order valence-electron chi connectivity index (χ4n) is 4.76. The van der Waals surface area contributed by atoms with Crippen molar-refractivity contribution in [2.45, 2.75) is 32.2 Å². The number of hydrogen-bond acceptors (Lipinski definition) is 7. The van der Waals surface area contributed by atoms with E-state index in [9.17, 15) is 23.1 Å². The summed E-state index contributed by atoms with van der Waals surface area (Å²) in [6.45, 7) is 8.55. The van der Waals surface area contributed by atoms with Gasteiger partial charge in [-0.15, -0.1) is 0 Å². The third-order valence-electron chi connectivity index (χ3n) is 6.67. The summed E-state index contributed by atoms with van der Waals surface area (Å²) in [5.74, 6) is 0.496. The van der Waals surface area contributed by atoms with E-state index in [1.54, 1.807) is 6.07 Å². The van der Waals surface area contributed by atoms with Gasteiger partial charge < -0.3 is 14.8 Å². The number of ether oxygens (including phenoxy) is 1. The minimum Gasteiger partial charge on any atom is -0.493 e. The number of piperazine rings is 1. The Morgan fingerprint density at radius 2 is 1.84 bits per heavy atom. The number of hydrogen-bond donors (Lipinski definition) is 2. The second-order valence-corrected chi connectivity index (χ2v) is 12.1. The topological polar surface area (TPSA) is 130 Å². The van der Waals surface area contributed by atoms with Gasteiger partial charge in [0, 0.05) is 51.9 Å². The van der Waals surface area contributed by atoms with Crippen LogP contribution in [-0.4, -0.2) is 82.8 Å². The number of benzene rings is 1. The zero-order valence-corrected chi connectivity index (χ0v) is 23.6. The Balaban J connectivity index is 1.87. The molecule has 0 amide bonds. The lowest BCUT2D eigenvalue weighted by Gasteiger charge is -2.33. The number of aliphatic hydroxyl groups is 1. The van der Waals surface area contributed by atoms with E-state index in [0.717, 1.165) is 4.57 Å². The van der Waals surface area contributed by atoms with Gasteiger partial charge in [0.25, 0.3) is 5.56 Å². The van der Waals surface area contributed by atoms with Gasteiger partial charge in [-0.3, -0.25) is 18.8 Å². The summed E-state index contributed by atoms with van der Waals surface area (Å²) >= 11 is 6.83.